The highest BCUT2D eigenvalue weighted by molar-refractivity contribution is 5.46. The van der Waals surface area contributed by atoms with Crippen LogP contribution in [0.15, 0.2) is 60.7 Å². The second-order valence-electron chi connectivity index (χ2n) is 8.91. The van der Waals surface area contributed by atoms with Crippen molar-refractivity contribution >= 4 is 0 Å². The van der Waals surface area contributed by atoms with Crippen molar-refractivity contribution in [2.45, 2.75) is 51.9 Å². The number of methoxy groups -OCH3 is 2. The van der Waals surface area contributed by atoms with Crippen molar-refractivity contribution in [2.75, 3.05) is 14.2 Å². The Morgan fingerprint density at radius 3 is 2.35 bits per heavy atom. The molecule has 0 aromatic heterocycles. The Labute approximate surface area is 187 Å². The van der Waals surface area contributed by atoms with Crippen LogP contribution in [0.5, 0.6) is 11.5 Å². The van der Waals surface area contributed by atoms with Crippen LogP contribution in [0.3, 0.4) is 0 Å². The molecule has 0 radical (unpaired) electrons. The Bertz CT molecular complexity index is 1050. The molecule has 0 N–H and O–H groups in total. The van der Waals surface area contributed by atoms with Crippen LogP contribution in [0.4, 0.5) is 0 Å². The van der Waals surface area contributed by atoms with E-state index in [-0.39, 0.29) is 0 Å². The van der Waals surface area contributed by atoms with Gasteiger partial charge in [0, 0.05) is 0 Å². The number of fused-ring (bicyclic) bond motifs is 1. The van der Waals surface area contributed by atoms with Gasteiger partial charge in [-0.05, 0) is 96.0 Å². The maximum atomic E-state index is 5.61. The van der Waals surface area contributed by atoms with Gasteiger partial charge in [-0.25, -0.2) is 0 Å². The second-order valence-corrected chi connectivity index (χ2v) is 8.91. The van der Waals surface area contributed by atoms with E-state index in [1.54, 1.807) is 14.2 Å². The van der Waals surface area contributed by atoms with Crippen LogP contribution < -0.4 is 9.47 Å². The summed E-state index contributed by atoms with van der Waals surface area (Å²) in [7, 11) is 3.51. The Morgan fingerprint density at radius 2 is 1.68 bits per heavy atom. The number of hydrogen-bond acceptors (Lipinski definition) is 2. The molecule has 1 aliphatic rings. The van der Waals surface area contributed by atoms with E-state index in [1.165, 1.54) is 33.4 Å². The zero-order chi connectivity index (χ0) is 22.0. The minimum absolute atomic E-state index is 0.470. The van der Waals surface area contributed by atoms with Gasteiger partial charge >= 0.3 is 0 Å². The highest BCUT2D eigenvalue weighted by Crippen LogP contribution is 2.49. The fourth-order valence-electron chi connectivity index (χ4n) is 5.53. The minimum atomic E-state index is 0.470. The fraction of sp³-hybridized carbons (Fsp3) is 0.379. The van der Waals surface area contributed by atoms with Crippen LogP contribution in [-0.2, 0) is 12.8 Å². The molecular formula is C29H34O2. The third-order valence-corrected chi connectivity index (χ3v) is 7.25. The Kier molecular flexibility index (Phi) is 6.36. The van der Waals surface area contributed by atoms with Crippen LogP contribution in [-0.4, -0.2) is 14.2 Å². The second kappa shape index (κ2) is 9.18. The smallest absolute Gasteiger partial charge is 0.121 e. The van der Waals surface area contributed by atoms with E-state index in [2.05, 4.69) is 81.4 Å². The van der Waals surface area contributed by atoms with Gasteiger partial charge in [0.15, 0.2) is 0 Å². The predicted molar refractivity (Wildman–Crippen MR) is 129 cm³/mol. The van der Waals surface area contributed by atoms with Crippen LogP contribution >= 0.6 is 0 Å². The van der Waals surface area contributed by atoms with E-state index in [4.69, 9.17) is 9.47 Å². The normalized spacial score (nSPS) is 20.2. The van der Waals surface area contributed by atoms with Crippen molar-refractivity contribution in [1.29, 1.82) is 0 Å². The Morgan fingerprint density at radius 1 is 0.871 bits per heavy atom. The fourth-order valence-corrected chi connectivity index (χ4v) is 5.53. The molecule has 0 bridgehead atoms. The van der Waals surface area contributed by atoms with E-state index >= 15 is 0 Å². The average Bonchev–Trinajstić information content (AvgIpc) is 2.79. The maximum absolute atomic E-state index is 5.61. The topological polar surface area (TPSA) is 18.5 Å². The lowest BCUT2D eigenvalue weighted by atomic mass is 9.64. The number of ether oxygens (including phenoxy) is 2. The summed E-state index contributed by atoms with van der Waals surface area (Å²) in [6, 6.07) is 22.3. The largest absolute Gasteiger partial charge is 0.497 e. The molecule has 0 fully saturated rings. The molecule has 0 saturated heterocycles. The zero-order valence-corrected chi connectivity index (χ0v) is 19.4. The van der Waals surface area contributed by atoms with Crippen LogP contribution in [0.25, 0.3) is 0 Å². The van der Waals surface area contributed by atoms with E-state index in [0.29, 0.717) is 17.8 Å². The Hall–Kier alpha value is -2.74. The van der Waals surface area contributed by atoms with Crippen molar-refractivity contribution in [3.05, 3.63) is 94.0 Å². The number of benzene rings is 3. The first kappa shape index (κ1) is 21.5. The molecule has 31 heavy (non-hydrogen) atoms. The van der Waals surface area contributed by atoms with Crippen molar-refractivity contribution in [3.63, 3.8) is 0 Å². The molecule has 3 unspecified atom stereocenters. The molecule has 2 heteroatoms. The van der Waals surface area contributed by atoms with E-state index < -0.39 is 0 Å². The molecule has 0 spiro atoms. The number of hydrogen-bond donors (Lipinski definition) is 0. The molecule has 0 aliphatic heterocycles. The molecule has 2 nitrogen and oxygen atoms in total. The van der Waals surface area contributed by atoms with Crippen LogP contribution in [0, 0.1) is 19.8 Å². The maximum Gasteiger partial charge on any atom is 0.121 e. The van der Waals surface area contributed by atoms with Gasteiger partial charge in [0.2, 0.25) is 0 Å². The molecule has 0 amide bonds. The van der Waals surface area contributed by atoms with Crippen molar-refractivity contribution in [2.24, 2.45) is 5.92 Å². The first-order valence-electron chi connectivity index (χ1n) is 11.4. The summed E-state index contributed by atoms with van der Waals surface area (Å²) in [6.45, 7) is 6.73. The van der Waals surface area contributed by atoms with Crippen molar-refractivity contribution in [1.82, 2.24) is 0 Å². The lowest BCUT2D eigenvalue weighted by molar-refractivity contribution is 0.310. The summed E-state index contributed by atoms with van der Waals surface area (Å²) in [6.07, 6.45) is 3.30. The van der Waals surface area contributed by atoms with Gasteiger partial charge < -0.3 is 9.47 Å². The molecular weight excluding hydrogens is 380 g/mol. The number of aryl methyl sites for hydroxylation is 2. The molecule has 0 saturated carbocycles. The molecule has 1 aliphatic carbocycles. The molecule has 4 rings (SSSR count). The molecule has 3 aromatic carbocycles. The monoisotopic (exact) mass is 414 g/mol. The quantitative estimate of drug-likeness (QED) is 0.432. The Balaban J connectivity index is 1.80. The summed E-state index contributed by atoms with van der Waals surface area (Å²) in [5, 5.41) is 0. The van der Waals surface area contributed by atoms with Gasteiger partial charge in [0.1, 0.15) is 11.5 Å². The van der Waals surface area contributed by atoms with E-state index in [9.17, 15) is 0 Å². The molecule has 0 heterocycles. The first-order valence-corrected chi connectivity index (χ1v) is 11.4. The summed E-state index contributed by atoms with van der Waals surface area (Å²) < 4.78 is 11.1. The van der Waals surface area contributed by atoms with Gasteiger partial charge in [0.25, 0.3) is 0 Å². The lowest BCUT2D eigenvalue weighted by Gasteiger charge is -2.40. The average molecular weight is 415 g/mol. The van der Waals surface area contributed by atoms with Gasteiger partial charge in [-0.1, -0.05) is 55.8 Å². The predicted octanol–water partition coefficient (Wildman–Crippen LogP) is 7.01. The van der Waals surface area contributed by atoms with Crippen molar-refractivity contribution in [3.8, 4) is 11.5 Å². The van der Waals surface area contributed by atoms with E-state index in [1.807, 2.05) is 0 Å². The lowest BCUT2D eigenvalue weighted by Crippen LogP contribution is -2.29. The SMILES string of the molecule is CCC1C(c2ccc(OC)c(C)c2)Cc2ccc(OC)cc2C1Cc1ccccc1C. The van der Waals surface area contributed by atoms with Gasteiger partial charge in [-0.2, -0.15) is 0 Å². The van der Waals surface area contributed by atoms with Gasteiger partial charge in [0.05, 0.1) is 14.2 Å². The highest BCUT2D eigenvalue weighted by atomic mass is 16.5. The summed E-state index contributed by atoms with van der Waals surface area (Å²) in [4.78, 5) is 0. The van der Waals surface area contributed by atoms with Crippen LogP contribution in [0.1, 0.15) is 58.6 Å². The summed E-state index contributed by atoms with van der Waals surface area (Å²) in [5.74, 6) is 3.48. The minimum Gasteiger partial charge on any atom is -0.497 e. The van der Waals surface area contributed by atoms with E-state index in [0.717, 1.165) is 30.8 Å². The van der Waals surface area contributed by atoms with Gasteiger partial charge in [-0.3, -0.25) is 0 Å². The first-order chi connectivity index (χ1) is 15.0. The molecule has 162 valence electrons. The standard InChI is InChI=1S/C29H34O2/c1-6-25-26(22-12-14-29(31-5)20(3)15-22)17-23-11-13-24(30-4)18-27(23)28(25)16-21-10-8-7-9-19(21)2/h7-15,18,25-26,28H,6,16-17H2,1-5H3. The molecule has 3 atom stereocenters. The van der Waals surface area contributed by atoms with Gasteiger partial charge in [-0.15, -0.1) is 0 Å². The van der Waals surface area contributed by atoms with Crippen LogP contribution in [0.2, 0.25) is 0 Å². The molecule has 3 aromatic rings. The van der Waals surface area contributed by atoms with Crippen molar-refractivity contribution < 1.29 is 9.47 Å². The summed E-state index contributed by atoms with van der Waals surface area (Å²) >= 11 is 0. The zero-order valence-electron chi connectivity index (χ0n) is 19.4. The third kappa shape index (κ3) is 4.21. The number of rotatable bonds is 6. The third-order valence-electron chi connectivity index (χ3n) is 7.25. The summed E-state index contributed by atoms with van der Waals surface area (Å²) in [5.41, 5.74) is 8.40. The highest BCUT2D eigenvalue weighted by Gasteiger charge is 2.37.